The number of carbonyl (C=O) groups excluding carboxylic acids is 3. The van der Waals surface area contributed by atoms with E-state index < -0.39 is 52.2 Å². The summed E-state index contributed by atoms with van der Waals surface area (Å²) >= 11 is 5.97. The first kappa shape index (κ1) is 23.4. The van der Waals surface area contributed by atoms with Crippen LogP contribution in [0.15, 0.2) is 42.5 Å². The summed E-state index contributed by atoms with van der Waals surface area (Å²) in [6, 6.07) is 9.16. The number of likely N-dealkylation sites (tertiary alicyclic amines) is 1. The Bertz CT molecular complexity index is 1250. The number of nitrogens with zero attached hydrogens (tertiary/aromatic N) is 2. The maximum atomic E-state index is 13.6. The van der Waals surface area contributed by atoms with Crippen LogP contribution in [0.1, 0.15) is 17.2 Å². The number of carbonyl (C=O) groups is 3. The highest BCUT2D eigenvalue weighted by atomic mass is 35.5. The van der Waals surface area contributed by atoms with Crippen molar-refractivity contribution >= 4 is 40.7 Å². The molecule has 0 aromatic heterocycles. The van der Waals surface area contributed by atoms with Crippen LogP contribution in [0.2, 0.25) is 5.02 Å². The number of nitrogens with one attached hydrogen (secondary N) is 2. The fraction of sp³-hybridized carbons (Fsp3) is 0.348. The van der Waals surface area contributed by atoms with Crippen LogP contribution in [0.4, 0.5) is 11.4 Å². The van der Waals surface area contributed by atoms with Crippen molar-refractivity contribution in [2.24, 2.45) is 11.8 Å². The molecule has 3 aliphatic rings. The Morgan fingerprint density at radius 3 is 2.57 bits per heavy atom. The zero-order valence-electron chi connectivity index (χ0n) is 18.4. The van der Waals surface area contributed by atoms with Crippen molar-refractivity contribution in [1.82, 2.24) is 10.2 Å². The number of aliphatic hydroxyl groups excluding tert-OH is 1. The topological polar surface area (TPSA) is 151 Å². The van der Waals surface area contributed by atoms with E-state index in [0.717, 1.165) is 4.90 Å². The van der Waals surface area contributed by atoms with Crippen LogP contribution < -0.4 is 10.6 Å². The number of halogens is 1. The Morgan fingerprint density at radius 1 is 1.20 bits per heavy atom. The van der Waals surface area contributed by atoms with Gasteiger partial charge < -0.3 is 15.2 Å². The van der Waals surface area contributed by atoms with Gasteiger partial charge in [0.2, 0.25) is 17.7 Å². The predicted molar refractivity (Wildman–Crippen MR) is 122 cm³/mol. The van der Waals surface area contributed by atoms with Crippen molar-refractivity contribution in [3.05, 3.63) is 68.7 Å². The Balaban J connectivity index is 1.66. The van der Waals surface area contributed by atoms with E-state index in [1.165, 1.54) is 25.3 Å². The number of aliphatic hydroxyl groups is 1. The second-order valence-corrected chi connectivity index (χ2v) is 9.18. The molecule has 3 amide bonds. The van der Waals surface area contributed by atoms with Gasteiger partial charge in [-0.25, -0.2) is 0 Å². The van der Waals surface area contributed by atoms with Crippen LogP contribution in [0.5, 0.6) is 0 Å². The number of benzene rings is 2. The van der Waals surface area contributed by atoms with Gasteiger partial charge in [0.25, 0.3) is 5.69 Å². The van der Waals surface area contributed by atoms with Gasteiger partial charge in [-0.05, 0) is 23.8 Å². The lowest BCUT2D eigenvalue weighted by Crippen LogP contribution is -2.54. The summed E-state index contributed by atoms with van der Waals surface area (Å²) in [6.07, 6.45) is -1.28. The quantitative estimate of drug-likeness (QED) is 0.305. The maximum Gasteiger partial charge on any atom is 0.269 e. The molecule has 5 rings (SSSR count). The van der Waals surface area contributed by atoms with Gasteiger partial charge in [0.05, 0.1) is 42.1 Å². The van der Waals surface area contributed by atoms with Gasteiger partial charge in [0.15, 0.2) is 0 Å². The van der Waals surface area contributed by atoms with Gasteiger partial charge in [-0.15, -0.1) is 0 Å². The molecule has 1 spiro atoms. The van der Waals surface area contributed by atoms with Gasteiger partial charge in [-0.3, -0.25) is 34.7 Å². The Kier molecular flexibility index (Phi) is 5.59. The number of methoxy groups -OCH3 is 1. The van der Waals surface area contributed by atoms with E-state index in [2.05, 4.69) is 10.6 Å². The van der Waals surface area contributed by atoms with Crippen molar-refractivity contribution in [3.8, 4) is 0 Å². The van der Waals surface area contributed by atoms with Gasteiger partial charge in [-0.1, -0.05) is 23.7 Å². The Labute approximate surface area is 204 Å². The number of fused-ring (bicyclic) bond motifs is 4. The minimum Gasteiger partial charge on any atom is -0.387 e. The molecule has 11 nitrogen and oxygen atoms in total. The molecule has 0 aliphatic carbocycles. The molecule has 0 radical (unpaired) electrons. The number of amides is 3. The van der Waals surface area contributed by atoms with E-state index in [4.69, 9.17) is 16.3 Å². The van der Waals surface area contributed by atoms with E-state index in [0.29, 0.717) is 16.3 Å². The minimum absolute atomic E-state index is 0.0234. The third-order valence-corrected chi connectivity index (χ3v) is 7.26. The second-order valence-electron chi connectivity index (χ2n) is 8.74. The monoisotopic (exact) mass is 500 g/mol. The maximum absolute atomic E-state index is 13.6. The largest absolute Gasteiger partial charge is 0.387 e. The molecule has 182 valence electrons. The smallest absolute Gasteiger partial charge is 0.269 e. The zero-order chi connectivity index (χ0) is 25.1. The normalized spacial score (nSPS) is 27.8. The highest BCUT2D eigenvalue weighted by Crippen LogP contribution is 2.55. The first-order valence-electron chi connectivity index (χ1n) is 10.9. The molecule has 3 aliphatic heterocycles. The average Bonchev–Trinajstić information content (AvgIpc) is 3.42. The number of ether oxygens (including phenoxy) is 1. The second kappa shape index (κ2) is 8.38. The number of anilines is 1. The fourth-order valence-corrected chi connectivity index (χ4v) is 5.56. The lowest BCUT2D eigenvalue weighted by atomic mass is 9.76. The molecule has 3 heterocycles. The van der Waals surface area contributed by atoms with Crippen LogP contribution in [-0.4, -0.2) is 59.0 Å². The van der Waals surface area contributed by atoms with Crippen LogP contribution in [0.3, 0.4) is 0 Å². The summed E-state index contributed by atoms with van der Waals surface area (Å²) < 4.78 is 5.04. The van der Waals surface area contributed by atoms with E-state index in [9.17, 15) is 29.6 Å². The standard InChI is InChI=1S/C23H21ClN4O7/c1-35-9-8-27-20(30)16-17(21(27)31)23(26-18(16)19(29)11-2-4-12(24)5-3-11)14-10-13(28(33)34)6-7-15(14)25-22(23)32/h2-7,10,16-19,26,29H,8-9H2,1H3,(H,25,32)/t16-,17+,18+,19+,23-/m0/s1. The lowest BCUT2D eigenvalue weighted by molar-refractivity contribution is -0.384. The minimum atomic E-state index is -1.78. The molecule has 35 heavy (non-hydrogen) atoms. The SMILES string of the molecule is COCCN1C(=O)[C@@H]2[C@H]([C@H](O)c3ccc(Cl)cc3)N[C@]3(C(=O)Nc4ccc([N+](=O)[O-])cc43)[C@H]2C1=O. The molecule has 3 N–H and O–H groups in total. The number of nitro groups is 1. The molecule has 0 unspecified atom stereocenters. The van der Waals surface area contributed by atoms with Crippen LogP contribution in [-0.2, 0) is 24.7 Å². The lowest BCUT2D eigenvalue weighted by Gasteiger charge is -2.30. The first-order chi connectivity index (χ1) is 16.7. The van der Waals surface area contributed by atoms with Crippen LogP contribution in [0.25, 0.3) is 0 Å². The van der Waals surface area contributed by atoms with Crippen molar-refractivity contribution < 1.29 is 29.2 Å². The highest BCUT2D eigenvalue weighted by Gasteiger charge is 2.71. The number of hydrogen-bond donors (Lipinski definition) is 3. The number of hydrogen-bond acceptors (Lipinski definition) is 8. The number of rotatable bonds is 6. The Morgan fingerprint density at radius 2 is 1.91 bits per heavy atom. The molecular formula is C23H21ClN4O7. The molecule has 5 atom stereocenters. The molecule has 2 fully saturated rings. The van der Waals surface area contributed by atoms with Crippen molar-refractivity contribution in [2.75, 3.05) is 25.6 Å². The van der Waals surface area contributed by atoms with Gasteiger partial charge in [-0.2, -0.15) is 0 Å². The molecule has 12 heteroatoms. The van der Waals surface area contributed by atoms with E-state index in [1.54, 1.807) is 24.3 Å². The van der Waals surface area contributed by atoms with E-state index in [1.807, 2.05) is 0 Å². The van der Waals surface area contributed by atoms with Crippen molar-refractivity contribution in [1.29, 1.82) is 0 Å². The summed E-state index contributed by atoms with van der Waals surface area (Å²) in [5.74, 6) is -4.09. The number of non-ortho nitro benzene ring substituents is 1. The van der Waals surface area contributed by atoms with Crippen LogP contribution >= 0.6 is 11.6 Å². The predicted octanol–water partition coefficient (Wildman–Crippen LogP) is 1.35. The van der Waals surface area contributed by atoms with Crippen molar-refractivity contribution in [3.63, 3.8) is 0 Å². The molecule has 2 aromatic rings. The summed E-state index contributed by atoms with van der Waals surface area (Å²) in [6.45, 7) is 0.0699. The number of nitro benzene ring substituents is 1. The third kappa shape index (κ3) is 3.34. The molecule has 0 bridgehead atoms. The molecule has 2 aromatic carbocycles. The Hall–Kier alpha value is -3.38. The molecule has 2 saturated heterocycles. The number of imide groups is 1. The summed E-state index contributed by atoms with van der Waals surface area (Å²) in [5, 5.41) is 29.0. The molecule has 0 saturated carbocycles. The van der Waals surface area contributed by atoms with Crippen LogP contribution in [0, 0.1) is 22.0 Å². The summed E-state index contributed by atoms with van der Waals surface area (Å²) in [5.41, 5.74) is -1.14. The third-order valence-electron chi connectivity index (χ3n) is 7.01. The average molecular weight is 501 g/mol. The van der Waals surface area contributed by atoms with E-state index in [-0.39, 0.29) is 24.4 Å². The first-order valence-corrected chi connectivity index (χ1v) is 11.2. The molecular weight excluding hydrogens is 480 g/mol. The van der Waals surface area contributed by atoms with Gasteiger partial charge in [0, 0.05) is 35.5 Å². The summed E-state index contributed by atoms with van der Waals surface area (Å²) in [7, 11) is 1.43. The van der Waals surface area contributed by atoms with E-state index >= 15 is 0 Å². The van der Waals surface area contributed by atoms with Crippen molar-refractivity contribution in [2.45, 2.75) is 17.7 Å². The van der Waals surface area contributed by atoms with Gasteiger partial charge in [0.1, 0.15) is 5.54 Å². The zero-order valence-corrected chi connectivity index (χ0v) is 19.2. The van der Waals surface area contributed by atoms with Gasteiger partial charge >= 0.3 is 0 Å². The summed E-state index contributed by atoms with van der Waals surface area (Å²) in [4.78, 5) is 52.4. The highest BCUT2D eigenvalue weighted by molar-refractivity contribution is 6.30. The fourth-order valence-electron chi connectivity index (χ4n) is 5.43.